The van der Waals surface area contributed by atoms with E-state index in [1.54, 1.807) is 26.0 Å². The van der Waals surface area contributed by atoms with Crippen molar-refractivity contribution in [1.82, 2.24) is 4.90 Å². The highest BCUT2D eigenvalue weighted by Crippen LogP contribution is 2.43. The Morgan fingerprint density at radius 1 is 1.38 bits per heavy atom. The molecule has 1 amide bonds. The second kappa shape index (κ2) is 7.84. The summed E-state index contributed by atoms with van der Waals surface area (Å²) in [5, 5.41) is 0.0139. The summed E-state index contributed by atoms with van der Waals surface area (Å²) in [6, 6.07) is 5.74. The summed E-state index contributed by atoms with van der Waals surface area (Å²) in [5.41, 5.74) is 1.01. The maximum Gasteiger partial charge on any atom is 0.233 e. The zero-order chi connectivity index (χ0) is 15.2. The third kappa shape index (κ3) is 3.80. The molecule has 0 saturated carbocycles. The first kappa shape index (κ1) is 16.4. The average molecular weight is 327 g/mol. The molecule has 21 heavy (non-hydrogen) atoms. The second-order valence-electron chi connectivity index (χ2n) is 4.56. The molecule has 0 aromatic heterocycles. The van der Waals surface area contributed by atoms with E-state index in [1.165, 1.54) is 0 Å². The van der Waals surface area contributed by atoms with Crippen LogP contribution in [0, 0.1) is 0 Å². The molecule has 0 N–H and O–H groups in total. The lowest BCUT2D eigenvalue weighted by atomic mass is 10.1. The summed E-state index contributed by atoms with van der Waals surface area (Å²) < 4.78 is 10.8. The van der Waals surface area contributed by atoms with Gasteiger partial charge in [-0.1, -0.05) is 6.92 Å². The predicted molar refractivity (Wildman–Crippen MR) is 89.5 cm³/mol. The molecule has 1 aromatic carbocycles. The average Bonchev–Trinajstić information content (AvgIpc) is 2.88. The Morgan fingerprint density at radius 3 is 2.86 bits per heavy atom. The molecule has 4 nitrogen and oxygen atoms in total. The fourth-order valence-electron chi connectivity index (χ4n) is 2.29. The molecule has 6 heteroatoms. The van der Waals surface area contributed by atoms with E-state index < -0.39 is 0 Å². The van der Waals surface area contributed by atoms with E-state index in [-0.39, 0.29) is 11.3 Å². The number of rotatable bonds is 7. The molecule has 2 rings (SSSR count). The highest BCUT2D eigenvalue weighted by molar-refractivity contribution is 8.00. The van der Waals surface area contributed by atoms with E-state index in [1.807, 2.05) is 34.9 Å². The van der Waals surface area contributed by atoms with Crippen LogP contribution in [0.1, 0.15) is 17.9 Å². The van der Waals surface area contributed by atoms with Gasteiger partial charge < -0.3 is 14.4 Å². The van der Waals surface area contributed by atoms with Crippen LogP contribution in [0.25, 0.3) is 0 Å². The first-order chi connectivity index (χ1) is 10.2. The molecule has 0 bridgehead atoms. The number of nitrogens with zero attached hydrogens (tertiary/aromatic N) is 1. The number of methoxy groups -OCH3 is 2. The summed E-state index contributed by atoms with van der Waals surface area (Å²) in [4.78, 5) is 14.1. The van der Waals surface area contributed by atoms with Crippen LogP contribution in [0.4, 0.5) is 0 Å². The lowest BCUT2D eigenvalue weighted by Gasteiger charge is -2.25. The van der Waals surface area contributed by atoms with Crippen molar-refractivity contribution in [3.8, 4) is 11.5 Å². The van der Waals surface area contributed by atoms with Crippen LogP contribution in [-0.2, 0) is 4.79 Å². The van der Waals surface area contributed by atoms with Gasteiger partial charge in [-0.15, -0.1) is 11.8 Å². The molecule has 1 fully saturated rings. The lowest BCUT2D eigenvalue weighted by molar-refractivity contribution is -0.127. The number of ether oxygens (including phenoxy) is 2. The molecule has 1 aliphatic rings. The maximum absolute atomic E-state index is 12.1. The van der Waals surface area contributed by atoms with Crippen LogP contribution in [0.3, 0.4) is 0 Å². The van der Waals surface area contributed by atoms with E-state index in [2.05, 4.69) is 6.92 Å². The minimum absolute atomic E-state index is 0.0139. The second-order valence-corrected chi connectivity index (χ2v) is 7.02. The van der Waals surface area contributed by atoms with Crippen molar-refractivity contribution in [1.29, 1.82) is 0 Å². The van der Waals surface area contributed by atoms with Gasteiger partial charge in [-0.25, -0.2) is 0 Å². The number of benzene rings is 1. The van der Waals surface area contributed by atoms with Gasteiger partial charge >= 0.3 is 0 Å². The molecule has 0 radical (unpaired) electrons. The van der Waals surface area contributed by atoms with Gasteiger partial charge in [-0.2, -0.15) is 11.8 Å². The molecule has 0 spiro atoms. The minimum Gasteiger partial charge on any atom is -0.497 e. The van der Waals surface area contributed by atoms with Crippen LogP contribution in [0.2, 0.25) is 0 Å². The van der Waals surface area contributed by atoms with E-state index in [4.69, 9.17) is 9.47 Å². The quantitative estimate of drug-likeness (QED) is 0.720. The van der Waals surface area contributed by atoms with E-state index in [0.717, 1.165) is 35.1 Å². The molecule has 1 atom stereocenters. The first-order valence-corrected chi connectivity index (χ1v) is 9.12. The highest BCUT2D eigenvalue weighted by atomic mass is 32.2. The number of amides is 1. The largest absolute Gasteiger partial charge is 0.497 e. The summed E-state index contributed by atoms with van der Waals surface area (Å²) >= 11 is 3.50. The zero-order valence-electron chi connectivity index (χ0n) is 12.6. The van der Waals surface area contributed by atoms with Gasteiger partial charge in [0, 0.05) is 17.9 Å². The monoisotopic (exact) mass is 327 g/mol. The zero-order valence-corrected chi connectivity index (χ0v) is 14.3. The van der Waals surface area contributed by atoms with Crippen LogP contribution in [0.5, 0.6) is 11.5 Å². The van der Waals surface area contributed by atoms with Crippen molar-refractivity contribution in [2.24, 2.45) is 0 Å². The minimum atomic E-state index is 0.0139. The van der Waals surface area contributed by atoms with Gasteiger partial charge in [0.15, 0.2) is 0 Å². The number of carbonyl (C=O) groups is 1. The molecule has 1 aliphatic heterocycles. The van der Waals surface area contributed by atoms with Gasteiger partial charge in [-0.3, -0.25) is 4.79 Å². The summed E-state index contributed by atoms with van der Waals surface area (Å²) in [5.74, 6) is 4.35. The summed E-state index contributed by atoms with van der Waals surface area (Å²) in [7, 11) is 3.30. The Kier molecular flexibility index (Phi) is 6.11. The van der Waals surface area contributed by atoms with Crippen molar-refractivity contribution in [3.05, 3.63) is 23.8 Å². The third-order valence-corrected chi connectivity index (χ3v) is 5.47. The van der Waals surface area contributed by atoms with Gasteiger partial charge in [0.2, 0.25) is 5.91 Å². The van der Waals surface area contributed by atoms with Gasteiger partial charge in [-0.05, 0) is 24.0 Å². The third-order valence-electron chi connectivity index (χ3n) is 3.35. The Morgan fingerprint density at radius 2 is 2.19 bits per heavy atom. The van der Waals surface area contributed by atoms with Gasteiger partial charge in [0.05, 0.1) is 20.0 Å². The van der Waals surface area contributed by atoms with Crippen molar-refractivity contribution in [2.75, 3.05) is 38.0 Å². The number of thioether (sulfide) groups is 2. The molecule has 1 saturated heterocycles. The molecule has 1 aromatic rings. The number of hydrogen-bond donors (Lipinski definition) is 0. The Labute approximate surface area is 134 Å². The smallest absolute Gasteiger partial charge is 0.233 e. The molecule has 116 valence electrons. The van der Waals surface area contributed by atoms with Crippen LogP contribution < -0.4 is 9.47 Å². The van der Waals surface area contributed by atoms with Crippen molar-refractivity contribution < 1.29 is 14.3 Å². The molecule has 1 heterocycles. The maximum atomic E-state index is 12.1. The molecule has 0 aliphatic carbocycles. The molecule has 1 unspecified atom stereocenters. The van der Waals surface area contributed by atoms with Gasteiger partial charge in [0.1, 0.15) is 16.9 Å². The highest BCUT2D eigenvalue weighted by Gasteiger charge is 2.34. The first-order valence-electron chi connectivity index (χ1n) is 6.92. The van der Waals surface area contributed by atoms with Crippen molar-refractivity contribution in [2.45, 2.75) is 12.3 Å². The van der Waals surface area contributed by atoms with Crippen LogP contribution >= 0.6 is 23.5 Å². The SMILES string of the molecule is CCSCCN1C(=O)CSC1c1cc(OC)ccc1OC. The van der Waals surface area contributed by atoms with Crippen molar-refractivity contribution >= 4 is 29.4 Å². The van der Waals surface area contributed by atoms with Gasteiger partial charge in [0.25, 0.3) is 0 Å². The van der Waals surface area contributed by atoms with E-state index in [9.17, 15) is 4.79 Å². The van der Waals surface area contributed by atoms with Crippen molar-refractivity contribution in [3.63, 3.8) is 0 Å². The fourth-order valence-corrected chi connectivity index (χ4v) is 4.14. The standard InChI is InChI=1S/C15H21NO3S2/c1-4-20-8-7-16-14(17)10-21-15(16)12-9-11(18-2)5-6-13(12)19-3/h5-6,9,15H,4,7-8,10H2,1-3H3. The molecular weight excluding hydrogens is 306 g/mol. The molecular formula is C15H21NO3S2. The predicted octanol–water partition coefficient (Wildman–Crippen LogP) is 3.03. The lowest BCUT2D eigenvalue weighted by Crippen LogP contribution is -2.30. The Bertz CT molecular complexity index is 496. The summed E-state index contributed by atoms with van der Waals surface area (Å²) in [6.45, 7) is 2.91. The number of hydrogen-bond acceptors (Lipinski definition) is 5. The topological polar surface area (TPSA) is 38.8 Å². The number of carbonyl (C=O) groups excluding carboxylic acids is 1. The Balaban J connectivity index is 2.23. The van der Waals surface area contributed by atoms with Crippen LogP contribution in [0.15, 0.2) is 18.2 Å². The van der Waals surface area contributed by atoms with E-state index in [0.29, 0.717) is 5.75 Å². The summed E-state index contributed by atoms with van der Waals surface area (Å²) in [6.07, 6.45) is 0. The normalized spacial score (nSPS) is 18.1. The fraction of sp³-hybridized carbons (Fsp3) is 0.533. The Hall–Kier alpha value is -1.01. The van der Waals surface area contributed by atoms with E-state index >= 15 is 0 Å². The van der Waals surface area contributed by atoms with Crippen LogP contribution in [-0.4, -0.2) is 48.8 Å².